The van der Waals surface area contributed by atoms with E-state index in [4.69, 9.17) is 0 Å². The molecule has 1 aromatic rings. The molecule has 0 saturated heterocycles. The van der Waals surface area contributed by atoms with Crippen molar-refractivity contribution in [3.8, 4) is 0 Å². The lowest BCUT2D eigenvalue weighted by molar-refractivity contribution is 0.281. The summed E-state index contributed by atoms with van der Waals surface area (Å²) in [6.07, 6.45) is 3.82. The first-order valence-electron chi connectivity index (χ1n) is 5.91. The first-order valence-corrected chi connectivity index (χ1v) is 6.70. The maximum Gasteiger partial charge on any atom is 0.0713 e. The zero-order valence-electron chi connectivity index (χ0n) is 9.54. The second-order valence-corrected chi connectivity index (χ2v) is 5.27. The maximum atomic E-state index is 9.37. The van der Waals surface area contributed by atoms with Crippen LogP contribution in [-0.4, -0.2) is 11.1 Å². The number of rotatable bonds is 5. The van der Waals surface area contributed by atoms with Crippen LogP contribution >= 0.6 is 15.9 Å². The van der Waals surface area contributed by atoms with Crippen LogP contribution in [0.2, 0.25) is 0 Å². The van der Waals surface area contributed by atoms with Gasteiger partial charge >= 0.3 is 0 Å². The molecular weight excluding hydrogens is 266 g/mol. The fourth-order valence-corrected chi connectivity index (χ4v) is 2.60. The molecule has 0 bridgehead atoms. The van der Waals surface area contributed by atoms with Crippen LogP contribution < -0.4 is 5.32 Å². The van der Waals surface area contributed by atoms with Crippen molar-refractivity contribution in [2.75, 3.05) is 5.32 Å². The SMILES string of the molecule is CCC(Nc1cccc(Br)c1CO)C1CC1. The third-order valence-corrected chi connectivity index (χ3v) is 3.99. The normalized spacial score (nSPS) is 17.2. The lowest BCUT2D eigenvalue weighted by Gasteiger charge is -2.20. The van der Waals surface area contributed by atoms with Crippen molar-refractivity contribution >= 4 is 21.6 Å². The number of hydrogen-bond donors (Lipinski definition) is 2. The summed E-state index contributed by atoms with van der Waals surface area (Å²) in [5, 5.41) is 12.9. The van der Waals surface area contributed by atoms with Gasteiger partial charge in [-0.05, 0) is 37.3 Å². The molecule has 0 spiro atoms. The molecule has 1 unspecified atom stereocenters. The Morgan fingerprint density at radius 1 is 1.50 bits per heavy atom. The molecule has 0 aliphatic heterocycles. The van der Waals surface area contributed by atoms with Gasteiger partial charge in [-0.15, -0.1) is 0 Å². The van der Waals surface area contributed by atoms with Crippen LogP contribution in [0.3, 0.4) is 0 Å². The van der Waals surface area contributed by atoms with Crippen LogP contribution in [0.4, 0.5) is 5.69 Å². The summed E-state index contributed by atoms with van der Waals surface area (Å²) in [5.74, 6) is 0.829. The molecule has 88 valence electrons. The van der Waals surface area contributed by atoms with Crippen molar-refractivity contribution in [2.45, 2.75) is 38.8 Å². The molecule has 0 aromatic heterocycles. The van der Waals surface area contributed by atoms with Gasteiger partial charge in [-0.1, -0.05) is 28.9 Å². The molecule has 1 aliphatic carbocycles. The molecule has 0 heterocycles. The predicted molar refractivity (Wildman–Crippen MR) is 70.5 cm³/mol. The summed E-state index contributed by atoms with van der Waals surface area (Å²) in [7, 11) is 0. The zero-order chi connectivity index (χ0) is 11.5. The highest BCUT2D eigenvalue weighted by Gasteiger charge is 2.30. The zero-order valence-corrected chi connectivity index (χ0v) is 11.1. The Labute approximate surface area is 105 Å². The Morgan fingerprint density at radius 3 is 2.81 bits per heavy atom. The summed E-state index contributed by atoms with van der Waals surface area (Å²) in [6.45, 7) is 2.29. The molecule has 1 saturated carbocycles. The first kappa shape index (κ1) is 11.9. The van der Waals surface area contributed by atoms with Crippen LogP contribution in [-0.2, 0) is 6.61 Å². The summed E-state index contributed by atoms with van der Waals surface area (Å²) in [4.78, 5) is 0. The van der Waals surface area contributed by atoms with Gasteiger partial charge in [0.05, 0.1) is 6.61 Å². The number of anilines is 1. The molecule has 2 N–H and O–H groups in total. The van der Waals surface area contributed by atoms with E-state index in [-0.39, 0.29) is 6.61 Å². The Morgan fingerprint density at radius 2 is 2.25 bits per heavy atom. The molecule has 2 nitrogen and oxygen atoms in total. The first-order chi connectivity index (χ1) is 7.76. The van der Waals surface area contributed by atoms with Gasteiger partial charge in [-0.25, -0.2) is 0 Å². The van der Waals surface area contributed by atoms with Gasteiger partial charge in [0.1, 0.15) is 0 Å². The van der Waals surface area contributed by atoms with E-state index in [1.807, 2.05) is 18.2 Å². The van der Waals surface area contributed by atoms with Crippen LogP contribution in [0.15, 0.2) is 22.7 Å². The fourth-order valence-electron chi connectivity index (χ4n) is 2.11. The van der Waals surface area contributed by atoms with Crippen molar-refractivity contribution in [1.29, 1.82) is 0 Å². The Bertz CT molecular complexity index is 363. The maximum absolute atomic E-state index is 9.37. The van der Waals surface area contributed by atoms with Crippen LogP contribution in [0.5, 0.6) is 0 Å². The van der Waals surface area contributed by atoms with Crippen molar-refractivity contribution in [1.82, 2.24) is 0 Å². The minimum atomic E-state index is 0.0743. The summed E-state index contributed by atoms with van der Waals surface area (Å²) >= 11 is 3.47. The minimum absolute atomic E-state index is 0.0743. The fraction of sp³-hybridized carbons (Fsp3) is 0.538. The monoisotopic (exact) mass is 283 g/mol. The molecular formula is C13H18BrNO. The van der Waals surface area contributed by atoms with Crippen LogP contribution in [0.25, 0.3) is 0 Å². The van der Waals surface area contributed by atoms with Gasteiger partial charge in [-0.3, -0.25) is 0 Å². The minimum Gasteiger partial charge on any atom is -0.392 e. The van der Waals surface area contributed by atoms with E-state index in [9.17, 15) is 5.11 Å². The average Bonchev–Trinajstić information content (AvgIpc) is 3.10. The number of aliphatic hydroxyl groups excluding tert-OH is 1. The Balaban J connectivity index is 2.15. The van der Waals surface area contributed by atoms with E-state index < -0.39 is 0 Å². The van der Waals surface area contributed by atoms with Gasteiger partial charge < -0.3 is 10.4 Å². The molecule has 1 atom stereocenters. The van der Waals surface area contributed by atoms with E-state index in [1.165, 1.54) is 12.8 Å². The molecule has 0 amide bonds. The predicted octanol–water partition coefficient (Wildman–Crippen LogP) is 3.54. The highest BCUT2D eigenvalue weighted by molar-refractivity contribution is 9.10. The molecule has 3 heteroatoms. The van der Waals surface area contributed by atoms with Crippen molar-refractivity contribution in [2.24, 2.45) is 5.92 Å². The van der Waals surface area contributed by atoms with Crippen molar-refractivity contribution < 1.29 is 5.11 Å². The lowest BCUT2D eigenvalue weighted by atomic mass is 10.1. The van der Waals surface area contributed by atoms with E-state index >= 15 is 0 Å². The van der Waals surface area contributed by atoms with Crippen molar-refractivity contribution in [3.05, 3.63) is 28.2 Å². The number of aliphatic hydroxyl groups is 1. The molecule has 1 aliphatic rings. The third-order valence-electron chi connectivity index (χ3n) is 3.25. The van der Waals surface area contributed by atoms with E-state index in [2.05, 4.69) is 28.2 Å². The van der Waals surface area contributed by atoms with Gasteiger partial charge in [0.25, 0.3) is 0 Å². The molecule has 2 rings (SSSR count). The number of hydrogen-bond acceptors (Lipinski definition) is 2. The highest BCUT2D eigenvalue weighted by atomic mass is 79.9. The van der Waals surface area contributed by atoms with E-state index in [0.717, 1.165) is 28.1 Å². The highest BCUT2D eigenvalue weighted by Crippen LogP contribution is 2.36. The van der Waals surface area contributed by atoms with E-state index in [0.29, 0.717) is 6.04 Å². The van der Waals surface area contributed by atoms with Gasteiger partial charge in [0.15, 0.2) is 0 Å². The largest absolute Gasteiger partial charge is 0.392 e. The second kappa shape index (κ2) is 5.19. The number of nitrogens with one attached hydrogen (secondary N) is 1. The lowest BCUT2D eigenvalue weighted by Crippen LogP contribution is -2.21. The third kappa shape index (κ3) is 2.58. The average molecular weight is 284 g/mol. The van der Waals surface area contributed by atoms with Crippen LogP contribution in [0, 0.1) is 5.92 Å². The smallest absolute Gasteiger partial charge is 0.0713 e. The van der Waals surface area contributed by atoms with Gasteiger partial charge in [0.2, 0.25) is 0 Å². The molecule has 1 aromatic carbocycles. The molecule has 1 fully saturated rings. The Kier molecular flexibility index (Phi) is 3.87. The number of halogens is 1. The van der Waals surface area contributed by atoms with E-state index in [1.54, 1.807) is 0 Å². The standard InChI is InChI=1S/C13H18BrNO/c1-2-12(9-6-7-9)15-13-5-3-4-11(14)10(13)8-16/h3-5,9,12,15-16H,2,6-8H2,1H3. The summed E-state index contributed by atoms with van der Waals surface area (Å²) < 4.78 is 0.977. The molecule has 0 radical (unpaired) electrons. The van der Waals surface area contributed by atoms with Crippen LogP contribution in [0.1, 0.15) is 31.7 Å². The summed E-state index contributed by atoms with van der Waals surface area (Å²) in [5.41, 5.74) is 2.03. The number of benzene rings is 1. The van der Waals surface area contributed by atoms with Crippen molar-refractivity contribution in [3.63, 3.8) is 0 Å². The molecule has 16 heavy (non-hydrogen) atoms. The van der Waals surface area contributed by atoms with Gasteiger partial charge in [0, 0.05) is 21.8 Å². The summed E-state index contributed by atoms with van der Waals surface area (Å²) in [6, 6.07) is 6.57. The Hall–Kier alpha value is -0.540. The van der Waals surface area contributed by atoms with Gasteiger partial charge in [-0.2, -0.15) is 0 Å². The second-order valence-electron chi connectivity index (χ2n) is 4.42. The quantitative estimate of drug-likeness (QED) is 0.866. The topological polar surface area (TPSA) is 32.3 Å².